The number of nitrogens with zero attached hydrogens (tertiary/aromatic N) is 2. The van der Waals surface area contributed by atoms with Crippen LogP contribution in [-0.4, -0.2) is 22.9 Å². The molecule has 2 heterocycles. The molecule has 1 saturated heterocycles. The number of hydrogen-bond donors (Lipinski definition) is 1. The molecule has 1 N–H and O–H groups in total. The van der Waals surface area contributed by atoms with Crippen LogP contribution < -0.4 is 5.32 Å². The Kier molecular flexibility index (Phi) is 2.21. The standard InChI is InChI=1S/C13H17N3/c1-9-5-10(2)13-11(6-9)7-15-16(13)12-3-4-14-8-12/h5-7,12,14H,3-4,8H2,1-2H3. The summed E-state index contributed by atoms with van der Waals surface area (Å²) in [4.78, 5) is 0. The zero-order valence-electron chi connectivity index (χ0n) is 9.83. The molecule has 1 aliphatic heterocycles. The van der Waals surface area contributed by atoms with Gasteiger partial charge in [-0.15, -0.1) is 0 Å². The third-order valence-electron chi connectivity index (χ3n) is 3.40. The molecule has 0 saturated carbocycles. The van der Waals surface area contributed by atoms with E-state index in [-0.39, 0.29) is 0 Å². The minimum absolute atomic E-state index is 0.527. The van der Waals surface area contributed by atoms with E-state index in [4.69, 9.17) is 0 Å². The molecule has 2 aromatic rings. The highest BCUT2D eigenvalue weighted by atomic mass is 15.3. The molecule has 0 spiro atoms. The smallest absolute Gasteiger partial charge is 0.0715 e. The molecule has 1 aromatic heterocycles. The van der Waals surface area contributed by atoms with Crippen LogP contribution in [-0.2, 0) is 0 Å². The Morgan fingerprint density at radius 2 is 2.25 bits per heavy atom. The second kappa shape index (κ2) is 3.59. The Balaban J connectivity index is 2.18. The first kappa shape index (κ1) is 9.85. The van der Waals surface area contributed by atoms with Crippen molar-refractivity contribution in [3.8, 4) is 0 Å². The monoisotopic (exact) mass is 215 g/mol. The molecule has 0 radical (unpaired) electrons. The molecule has 1 aliphatic rings. The number of rotatable bonds is 1. The molecule has 1 aromatic carbocycles. The predicted molar refractivity (Wildman–Crippen MR) is 65.7 cm³/mol. The van der Waals surface area contributed by atoms with Crippen molar-refractivity contribution in [1.82, 2.24) is 15.1 Å². The maximum atomic E-state index is 4.56. The van der Waals surface area contributed by atoms with Gasteiger partial charge < -0.3 is 5.32 Å². The first-order valence-corrected chi connectivity index (χ1v) is 5.91. The van der Waals surface area contributed by atoms with Crippen molar-refractivity contribution in [2.45, 2.75) is 26.3 Å². The highest BCUT2D eigenvalue weighted by molar-refractivity contribution is 5.82. The number of aromatic nitrogens is 2. The molecule has 0 amide bonds. The van der Waals surface area contributed by atoms with Crippen LogP contribution in [0.3, 0.4) is 0 Å². The van der Waals surface area contributed by atoms with Crippen LogP contribution in [0.4, 0.5) is 0 Å². The summed E-state index contributed by atoms with van der Waals surface area (Å²) in [6, 6.07) is 4.98. The highest BCUT2D eigenvalue weighted by Crippen LogP contribution is 2.25. The van der Waals surface area contributed by atoms with E-state index < -0.39 is 0 Å². The Labute approximate surface area is 95.5 Å². The first-order chi connectivity index (χ1) is 7.75. The lowest BCUT2D eigenvalue weighted by Gasteiger charge is -2.12. The zero-order chi connectivity index (χ0) is 11.1. The number of nitrogens with one attached hydrogen (secondary N) is 1. The highest BCUT2D eigenvalue weighted by Gasteiger charge is 2.19. The van der Waals surface area contributed by atoms with Gasteiger partial charge in [0.05, 0.1) is 17.8 Å². The summed E-state index contributed by atoms with van der Waals surface area (Å²) in [6.07, 6.45) is 3.18. The third-order valence-corrected chi connectivity index (χ3v) is 3.40. The van der Waals surface area contributed by atoms with Crippen molar-refractivity contribution < 1.29 is 0 Å². The van der Waals surface area contributed by atoms with Crippen molar-refractivity contribution in [2.24, 2.45) is 0 Å². The summed E-state index contributed by atoms with van der Waals surface area (Å²) in [7, 11) is 0. The van der Waals surface area contributed by atoms with Gasteiger partial charge in [0, 0.05) is 11.9 Å². The van der Waals surface area contributed by atoms with E-state index in [9.17, 15) is 0 Å². The van der Waals surface area contributed by atoms with Gasteiger partial charge in [0.2, 0.25) is 0 Å². The number of aryl methyl sites for hydroxylation is 2. The van der Waals surface area contributed by atoms with Gasteiger partial charge in [-0.3, -0.25) is 4.68 Å². The maximum absolute atomic E-state index is 4.56. The van der Waals surface area contributed by atoms with E-state index in [1.165, 1.54) is 28.5 Å². The van der Waals surface area contributed by atoms with Crippen LogP contribution in [0.15, 0.2) is 18.3 Å². The molecule has 0 aliphatic carbocycles. The lowest BCUT2D eigenvalue weighted by molar-refractivity contribution is 0.506. The van der Waals surface area contributed by atoms with Gasteiger partial charge >= 0.3 is 0 Å². The molecule has 1 fully saturated rings. The molecular weight excluding hydrogens is 198 g/mol. The minimum atomic E-state index is 0.527. The van der Waals surface area contributed by atoms with Gasteiger partial charge in [0.15, 0.2) is 0 Å². The molecular formula is C13H17N3. The summed E-state index contributed by atoms with van der Waals surface area (Å²) < 4.78 is 2.20. The third kappa shape index (κ3) is 1.43. The minimum Gasteiger partial charge on any atom is -0.315 e. The molecule has 3 nitrogen and oxygen atoms in total. The summed E-state index contributed by atoms with van der Waals surface area (Å²) >= 11 is 0. The molecule has 1 atom stereocenters. The van der Waals surface area contributed by atoms with E-state index in [0.29, 0.717) is 6.04 Å². The largest absolute Gasteiger partial charge is 0.315 e. The Morgan fingerprint density at radius 3 is 3.00 bits per heavy atom. The summed E-state index contributed by atoms with van der Waals surface area (Å²) in [5.74, 6) is 0. The van der Waals surface area contributed by atoms with Gasteiger partial charge in [-0.05, 0) is 38.4 Å². The molecule has 3 rings (SSSR count). The zero-order valence-corrected chi connectivity index (χ0v) is 9.83. The maximum Gasteiger partial charge on any atom is 0.0715 e. The van der Waals surface area contributed by atoms with E-state index in [1.807, 2.05) is 6.20 Å². The van der Waals surface area contributed by atoms with Gasteiger partial charge in [0.1, 0.15) is 0 Å². The average Bonchev–Trinajstić information content (AvgIpc) is 2.82. The molecule has 0 bridgehead atoms. The number of fused-ring (bicyclic) bond motifs is 1. The van der Waals surface area contributed by atoms with Crippen LogP contribution >= 0.6 is 0 Å². The Morgan fingerprint density at radius 1 is 1.38 bits per heavy atom. The van der Waals surface area contributed by atoms with Crippen molar-refractivity contribution >= 4 is 10.9 Å². The van der Waals surface area contributed by atoms with E-state index in [2.05, 4.69) is 41.1 Å². The fourth-order valence-corrected chi connectivity index (χ4v) is 2.71. The predicted octanol–water partition coefficient (Wildman–Crippen LogP) is 2.19. The van der Waals surface area contributed by atoms with Crippen LogP contribution in [0.2, 0.25) is 0 Å². The lowest BCUT2D eigenvalue weighted by Crippen LogP contribution is -2.14. The average molecular weight is 215 g/mol. The van der Waals surface area contributed by atoms with E-state index in [0.717, 1.165) is 13.1 Å². The second-order valence-electron chi connectivity index (χ2n) is 4.76. The molecule has 3 heteroatoms. The Bertz CT molecular complexity index is 521. The van der Waals surface area contributed by atoms with Gasteiger partial charge in [-0.2, -0.15) is 5.10 Å². The molecule has 84 valence electrons. The first-order valence-electron chi connectivity index (χ1n) is 5.91. The summed E-state index contributed by atoms with van der Waals surface area (Å²) in [5.41, 5.74) is 3.95. The molecule has 1 unspecified atom stereocenters. The summed E-state index contributed by atoms with van der Waals surface area (Å²) in [5, 5.41) is 9.22. The van der Waals surface area contributed by atoms with E-state index >= 15 is 0 Å². The Hall–Kier alpha value is -1.35. The van der Waals surface area contributed by atoms with Crippen molar-refractivity contribution in [3.63, 3.8) is 0 Å². The van der Waals surface area contributed by atoms with Crippen LogP contribution in [0.25, 0.3) is 10.9 Å². The van der Waals surface area contributed by atoms with Gasteiger partial charge in [-0.1, -0.05) is 11.6 Å². The fraction of sp³-hybridized carbons (Fsp3) is 0.462. The normalized spacial score (nSPS) is 20.8. The lowest BCUT2D eigenvalue weighted by atomic mass is 10.1. The van der Waals surface area contributed by atoms with Crippen LogP contribution in [0, 0.1) is 13.8 Å². The SMILES string of the molecule is Cc1cc(C)c2c(cnn2C2CCNC2)c1. The van der Waals surface area contributed by atoms with Gasteiger partial charge in [0.25, 0.3) is 0 Å². The second-order valence-corrected chi connectivity index (χ2v) is 4.76. The van der Waals surface area contributed by atoms with E-state index in [1.54, 1.807) is 0 Å². The number of hydrogen-bond acceptors (Lipinski definition) is 2. The molecule has 16 heavy (non-hydrogen) atoms. The van der Waals surface area contributed by atoms with Crippen molar-refractivity contribution in [1.29, 1.82) is 0 Å². The summed E-state index contributed by atoms with van der Waals surface area (Å²) in [6.45, 7) is 6.47. The quantitative estimate of drug-likeness (QED) is 0.790. The number of benzene rings is 1. The fourth-order valence-electron chi connectivity index (χ4n) is 2.71. The van der Waals surface area contributed by atoms with Gasteiger partial charge in [-0.25, -0.2) is 0 Å². The van der Waals surface area contributed by atoms with Crippen molar-refractivity contribution in [3.05, 3.63) is 29.5 Å². The van der Waals surface area contributed by atoms with Crippen LogP contribution in [0.1, 0.15) is 23.6 Å². The van der Waals surface area contributed by atoms with Crippen molar-refractivity contribution in [2.75, 3.05) is 13.1 Å². The topological polar surface area (TPSA) is 29.9 Å². The van der Waals surface area contributed by atoms with Crippen LogP contribution in [0.5, 0.6) is 0 Å².